The summed E-state index contributed by atoms with van der Waals surface area (Å²) in [6.07, 6.45) is 5.12. The van der Waals surface area contributed by atoms with Crippen molar-refractivity contribution in [2.24, 2.45) is 17.6 Å². The molecule has 1 aliphatic heterocycles. The number of hydrogen-bond donors (Lipinski definition) is 1. The molecule has 2 N–H and O–H groups in total. The van der Waals surface area contributed by atoms with E-state index in [1.54, 1.807) is 0 Å². The Morgan fingerprint density at radius 2 is 2.00 bits per heavy atom. The second-order valence-corrected chi connectivity index (χ2v) is 6.40. The van der Waals surface area contributed by atoms with E-state index in [9.17, 15) is 4.79 Å². The number of amides is 1. The van der Waals surface area contributed by atoms with Gasteiger partial charge >= 0.3 is 0 Å². The van der Waals surface area contributed by atoms with E-state index < -0.39 is 0 Å². The van der Waals surface area contributed by atoms with Gasteiger partial charge in [-0.3, -0.25) is 4.79 Å². The van der Waals surface area contributed by atoms with E-state index in [4.69, 9.17) is 5.73 Å². The van der Waals surface area contributed by atoms with Gasteiger partial charge in [0, 0.05) is 25.0 Å². The van der Waals surface area contributed by atoms with Crippen molar-refractivity contribution in [2.45, 2.75) is 38.1 Å². The SMILES string of the molecule is NC1CCC(C(=O)N2CCC(Cc3ccccc3)C2)C1. The van der Waals surface area contributed by atoms with Gasteiger partial charge in [0.25, 0.3) is 0 Å². The molecule has 2 fully saturated rings. The molecule has 0 bridgehead atoms. The average Bonchev–Trinajstić information content (AvgIpc) is 3.08. The number of likely N-dealkylation sites (tertiary alicyclic amines) is 1. The number of nitrogens with zero attached hydrogens (tertiary/aromatic N) is 1. The molecule has 3 atom stereocenters. The first kappa shape index (κ1) is 13.6. The van der Waals surface area contributed by atoms with Crippen molar-refractivity contribution in [1.82, 2.24) is 4.90 Å². The van der Waals surface area contributed by atoms with Gasteiger partial charge in [0.2, 0.25) is 5.91 Å². The van der Waals surface area contributed by atoms with Gasteiger partial charge in [-0.1, -0.05) is 30.3 Å². The van der Waals surface area contributed by atoms with Gasteiger partial charge in [0.15, 0.2) is 0 Å². The Balaban J connectivity index is 1.53. The molecule has 1 saturated carbocycles. The predicted molar refractivity (Wildman–Crippen MR) is 80.1 cm³/mol. The third-order valence-electron chi connectivity index (χ3n) is 4.79. The molecule has 3 unspecified atom stereocenters. The monoisotopic (exact) mass is 272 g/mol. The maximum atomic E-state index is 12.5. The van der Waals surface area contributed by atoms with E-state index in [2.05, 4.69) is 35.2 Å². The van der Waals surface area contributed by atoms with Crippen molar-refractivity contribution in [3.8, 4) is 0 Å². The summed E-state index contributed by atoms with van der Waals surface area (Å²) in [6.45, 7) is 1.86. The fraction of sp³-hybridized carbons (Fsp3) is 0.588. The third kappa shape index (κ3) is 3.04. The summed E-state index contributed by atoms with van der Waals surface area (Å²) in [7, 11) is 0. The van der Waals surface area contributed by atoms with E-state index in [-0.39, 0.29) is 12.0 Å². The van der Waals surface area contributed by atoms with Gasteiger partial charge in [-0.2, -0.15) is 0 Å². The zero-order valence-electron chi connectivity index (χ0n) is 12.0. The number of benzene rings is 1. The molecule has 3 rings (SSSR count). The topological polar surface area (TPSA) is 46.3 Å². The van der Waals surface area contributed by atoms with E-state index in [1.165, 1.54) is 5.56 Å². The van der Waals surface area contributed by atoms with Crippen LogP contribution in [0, 0.1) is 11.8 Å². The molecule has 1 heterocycles. The molecule has 1 aromatic rings. The molecule has 0 spiro atoms. The summed E-state index contributed by atoms with van der Waals surface area (Å²) in [6, 6.07) is 10.8. The first-order chi connectivity index (χ1) is 9.72. The van der Waals surface area contributed by atoms with Crippen molar-refractivity contribution in [3.05, 3.63) is 35.9 Å². The van der Waals surface area contributed by atoms with E-state index >= 15 is 0 Å². The van der Waals surface area contributed by atoms with Crippen molar-refractivity contribution >= 4 is 5.91 Å². The highest BCUT2D eigenvalue weighted by atomic mass is 16.2. The van der Waals surface area contributed by atoms with Crippen molar-refractivity contribution in [2.75, 3.05) is 13.1 Å². The maximum absolute atomic E-state index is 12.5. The minimum Gasteiger partial charge on any atom is -0.342 e. The van der Waals surface area contributed by atoms with Crippen molar-refractivity contribution < 1.29 is 4.79 Å². The van der Waals surface area contributed by atoms with Gasteiger partial charge in [0.05, 0.1) is 0 Å². The van der Waals surface area contributed by atoms with Crippen LogP contribution in [0.3, 0.4) is 0 Å². The summed E-state index contributed by atoms with van der Waals surface area (Å²) in [5.41, 5.74) is 7.30. The Labute approximate surface area is 121 Å². The normalized spacial score (nSPS) is 29.9. The van der Waals surface area contributed by atoms with Gasteiger partial charge < -0.3 is 10.6 Å². The highest BCUT2D eigenvalue weighted by molar-refractivity contribution is 5.79. The van der Waals surface area contributed by atoms with Gasteiger partial charge in [-0.05, 0) is 43.6 Å². The quantitative estimate of drug-likeness (QED) is 0.917. The van der Waals surface area contributed by atoms with Gasteiger partial charge in [-0.15, -0.1) is 0 Å². The summed E-state index contributed by atoms with van der Waals surface area (Å²) in [5.74, 6) is 1.17. The number of nitrogens with two attached hydrogens (primary N) is 1. The van der Waals surface area contributed by atoms with Crippen LogP contribution in [0.15, 0.2) is 30.3 Å². The molecule has 2 aliphatic rings. The number of hydrogen-bond acceptors (Lipinski definition) is 2. The second kappa shape index (κ2) is 5.96. The van der Waals surface area contributed by atoms with Crippen molar-refractivity contribution in [3.63, 3.8) is 0 Å². The molecular formula is C17H24N2O. The highest BCUT2D eigenvalue weighted by Crippen LogP contribution is 2.29. The summed E-state index contributed by atoms with van der Waals surface area (Å²) in [5, 5.41) is 0. The minimum atomic E-state index is 0.195. The second-order valence-electron chi connectivity index (χ2n) is 6.40. The Bertz CT molecular complexity index is 459. The molecule has 20 heavy (non-hydrogen) atoms. The van der Waals surface area contributed by atoms with Crippen LogP contribution in [-0.4, -0.2) is 29.9 Å². The van der Waals surface area contributed by atoms with Gasteiger partial charge in [-0.25, -0.2) is 0 Å². The van der Waals surface area contributed by atoms with Crippen LogP contribution in [0.4, 0.5) is 0 Å². The lowest BCUT2D eigenvalue weighted by molar-refractivity contribution is -0.134. The largest absolute Gasteiger partial charge is 0.342 e. The van der Waals surface area contributed by atoms with E-state index in [0.717, 1.165) is 45.2 Å². The first-order valence-corrected chi connectivity index (χ1v) is 7.80. The fourth-order valence-corrected chi connectivity index (χ4v) is 3.65. The van der Waals surface area contributed by atoms with E-state index in [1.807, 2.05) is 0 Å². The molecule has 1 amide bonds. The van der Waals surface area contributed by atoms with Crippen molar-refractivity contribution in [1.29, 1.82) is 0 Å². The third-order valence-corrected chi connectivity index (χ3v) is 4.79. The first-order valence-electron chi connectivity index (χ1n) is 7.80. The summed E-state index contributed by atoms with van der Waals surface area (Å²) >= 11 is 0. The summed E-state index contributed by atoms with van der Waals surface area (Å²) in [4.78, 5) is 14.5. The number of rotatable bonds is 3. The Morgan fingerprint density at radius 3 is 2.70 bits per heavy atom. The molecule has 3 nitrogen and oxygen atoms in total. The Kier molecular flexibility index (Phi) is 4.06. The van der Waals surface area contributed by atoms with E-state index in [0.29, 0.717) is 11.8 Å². The zero-order valence-corrected chi connectivity index (χ0v) is 12.0. The molecule has 108 valence electrons. The molecule has 1 aliphatic carbocycles. The molecule has 1 saturated heterocycles. The Morgan fingerprint density at radius 1 is 1.20 bits per heavy atom. The molecule has 1 aromatic carbocycles. The predicted octanol–water partition coefficient (Wildman–Crippen LogP) is 2.21. The Hall–Kier alpha value is -1.35. The minimum absolute atomic E-state index is 0.195. The lowest BCUT2D eigenvalue weighted by Gasteiger charge is -2.20. The molecule has 0 radical (unpaired) electrons. The lowest BCUT2D eigenvalue weighted by Crippen LogP contribution is -2.34. The average molecular weight is 272 g/mol. The van der Waals surface area contributed by atoms with Crippen LogP contribution in [0.2, 0.25) is 0 Å². The van der Waals surface area contributed by atoms with Crippen LogP contribution in [-0.2, 0) is 11.2 Å². The van der Waals surface area contributed by atoms with Gasteiger partial charge in [0.1, 0.15) is 0 Å². The van der Waals surface area contributed by atoms with Crippen LogP contribution >= 0.6 is 0 Å². The number of carbonyl (C=O) groups excluding carboxylic acids is 1. The van der Waals surface area contributed by atoms with Crippen LogP contribution in [0.1, 0.15) is 31.2 Å². The van der Waals surface area contributed by atoms with Crippen LogP contribution in [0.5, 0.6) is 0 Å². The fourth-order valence-electron chi connectivity index (χ4n) is 3.65. The maximum Gasteiger partial charge on any atom is 0.225 e. The number of carbonyl (C=O) groups is 1. The lowest BCUT2D eigenvalue weighted by atomic mass is 9.99. The molecular weight excluding hydrogens is 248 g/mol. The molecule has 0 aromatic heterocycles. The highest BCUT2D eigenvalue weighted by Gasteiger charge is 2.34. The smallest absolute Gasteiger partial charge is 0.225 e. The summed E-state index contributed by atoms with van der Waals surface area (Å²) < 4.78 is 0. The van der Waals surface area contributed by atoms with Crippen LogP contribution in [0.25, 0.3) is 0 Å². The zero-order chi connectivity index (χ0) is 13.9. The molecule has 3 heteroatoms. The van der Waals surface area contributed by atoms with Crippen LogP contribution < -0.4 is 5.73 Å². The standard InChI is InChI=1S/C17H24N2O/c18-16-7-6-15(11-16)17(20)19-9-8-14(12-19)10-13-4-2-1-3-5-13/h1-5,14-16H,6-12,18H2.